The van der Waals surface area contributed by atoms with E-state index >= 15 is 0 Å². The quantitative estimate of drug-likeness (QED) is 0.591. The fourth-order valence-electron chi connectivity index (χ4n) is 1.70. The van der Waals surface area contributed by atoms with E-state index in [1.54, 1.807) is 0 Å². The van der Waals surface area contributed by atoms with Gasteiger partial charge in [-0.25, -0.2) is 0 Å². The minimum atomic E-state index is 0.246. The molecule has 18 heavy (non-hydrogen) atoms. The standard InChI is InChI=1S/C17H25N/c1-4-5-14-18-15-17(2,3)13-9-12-16-10-7-6-8-11-16/h6-8,10-11,18H,4-5,13-15H2,1-3H3. The Morgan fingerprint density at radius 2 is 1.89 bits per heavy atom. The van der Waals surface area contributed by atoms with Gasteiger partial charge in [0.05, 0.1) is 0 Å². The minimum Gasteiger partial charge on any atom is -0.316 e. The second-order valence-electron chi connectivity index (χ2n) is 5.54. The van der Waals surface area contributed by atoms with Crippen LogP contribution in [0.1, 0.15) is 45.6 Å². The average molecular weight is 243 g/mol. The fraction of sp³-hybridized carbons (Fsp3) is 0.529. The lowest BCUT2D eigenvalue weighted by atomic mass is 9.89. The monoisotopic (exact) mass is 243 g/mol. The predicted octanol–water partition coefficient (Wildman–Crippen LogP) is 3.84. The maximum absolute atomic E-state index is 3.51. The molecule has 0 fully saturated rings. The van der Waals surface area contributed by atoms with Crippen LogP contribution >= 0.6 is 0 Å². The number of hydrogen-bond acceptors (Lipinski definition) is 1. The summed E-state index contributed by atoms with van der Waals surface area (Å²) in [7, 11) is 0. The van der Waals surface area contributed by atoms with Crippen molar-refractivity contribution in [3.05, 3.63) is 35.9 Å². The first-order valence-corrected chi connectivity index (χ1v) is 6.89. The molecule has 1 aromatic carbocycles. The first-order chi connectivity index (χ1) is 8.64. The molecule has 0 saturated carbocycles. The second kappa shape index (κ2) is 7.95. The number of hydrogen-bond donors (Lipinski definition) is 1. The van der Waals surface area contributed by atoms with Crippen molar-refractivity contribution in [2.75, 3.05) is 13.1 Å². The van der Waals surface area contributed by atoms with E-state index in [2.05, 4.69) is 50.1 Å². The molecule has 0 radical (unpaired) electrons. The summed E-state index contributed by atoms with van der Waals surface area (Å²) >= 11 is 0. The summed E-state index contributed by atoms with van der Waals surface area (Å²) in [6.45, 7) is 8.91. The molecule has 0 aliphatic heterocycles. The third kappa shape index (κ3) is 6.47. The number of nitrogens with one attached hydrogen (secondary N) is 1. The van der Waals surface area contributed by atoms with Crippen LogP contribution in [0.3, 0.4) is 0 Å². The van der Waals surface area contributed by atoms with E-state index in [0.29, 0.717) is 0 Å². The number of rotatable bonds is 6. The molecule has 1 N–H and O–H groups in total. The topological polar surface area (TPSA) is 12.0 Å². The number of unbranched alkanes of at least 4 members (excludes halogenated alkanes) is 1. The summed E-state index contributed by atoms with van der Waals surface area (Å²) in [5, 5.41) is 3.51. The normalized spacial score (nSPS) is 10.8. The average Bonchev–Trinajstić information content (AvgIpc) is 2.36. The molecule has 1 rings (SSSR count). The Hall–Kier alpha value is -1.26. The van der Waals surface area contributed by atoms with Gasteiger partial charge in [0.15, 0.2) is 0 Å². The molecule has 0 atom stereocenters. The van der Waals surface area contributed by atoms with Gasteiger partial charge in [-0.1, -0.05) is 57.2 Å². The van der Waals surface area contributed by atoms with Crippen LogP contribution in [0.15, 0.2) is 30.3 Å². The summed E-state index contributed by atoms with van der Waals surface area (Å²) in [5.41, 5.74) is 1.35. The summed E-state index contributed by atoms with van der Waals surface area (Å²) in [4.78, 5) is 0. The molecule has 0 aromatic heterocycles. The van der Waals surface area contributed by atoms with Crippen molar-refractivity contribution in [3.63, 3.8) is 0 Å². The van der Waals surface area contributed by atoms with Crippen molar-refractivity contribution < 1.29 is 0 Å². The van der Waals surface area contributed by atoms with E-state index < -0.39 is 0 Å². The molecular weight excluding hydrogens is 218 g/mol. The Morgan fingerprint density at radius 3 is 2.56 bits per heavy atom. The molecule has 0 amide bonds. The van der Waals surface area contributed by atoms with E-state index in [9.17, 15) is 0 Å². The lowest BCUT2D eigenvalue weighted by molar-refractivity contribution is 0.349. The van der Waals surface area contributed by atoms with E-state index in [1.165, 1.54) is 12.8 Å². The van der Waals surface area contributed by atoms with Crippen molar-refractivity contribution in [2.24, 2.45) is 5.41 Å². The summed E-state index contributed by atoms with van der Waals surface area (Å²) in [5.74, 6) is 6.52. The van der Waals surface area contributed by atoms with Crippen LogP contribution in [0, 0.1) is 17.3 Å². The van der Waals surface area contributed by atoms with Gasteiger partial charge in [-0.15, -0.1) is 0 Å². The van der Waals surface area contributed by atoms with Crippen LogP contribution in [-0.4, -0.2) is 13.1 Å². The van der Waals surface area contributed by atoms with Crippen molar-refractivity contribution in [1.82, 2.24) is 5.32 Å². The van der Waals surface area contributed by atoms with Crippen molar-refractivity contribution in [2.45, 2.75) is 40.0 Å². The van der Waals surface area contributed by atoms with Crippen molar-refractivity contribution in [3.8, 4) is 11.8 Å². The maximum atomic E-state index is 3.51. The third-order valence-corrected chi connectivity index (χ3v) is 2.88. The lowest BCUT2D eigenvalue weighted by Gasteiger charge is -2.22. The first-order valence-electron chi connectivity index (χ1n) is 6.89. The predicted molar refractivity (Wildman–Crippen MR) is 79.5 cm³/mol. The van der Waals surface area contributed by atoms with Gasteiger partial charge >= 0.3 is 0 Å². The molecule has 1 heteroatoms. The van der Waals surface area contributed by atoms with E-state index in [4.69, 9.17) is 0 Å². The van der Waals surface area contributed by atoms with Gasteiger partial charge < -0.3 is 5.32 Å². The van der Waals surface area contributed by atoms with E-state index in [-0.39, 0.29) is 5.41 Å². The van der Waals surface area contributed by atoms with Crippen LogP contribution in [0.2, 0.25) is 0 Å². The molecule has 0 aliphatic carbocycles. The third-order valence-electron chi connectivity index (χ3n) is 2.88. The van der Waals surface area contributed by atoms with E-state index in [0.717, 1.165) is 25.1 Å². The Kier molecular flexibility index (Phi) is 6.54. The SMILES string of the molecule is CCCCNCC(C)(C)CC#Cc1ccccc1. The number of benzene rings is 1. The summed E-state index contributed by atoms with van der Waals surface area (Å²) in [6, 6.07) is 10.2. The van der Waals surface area contributed by atoms with Crippen LogP contribution in [-0.2, 0) is 0 Å². The zero-order chi connectivity index (χ0) is 13.3. The second-order valence-corrected chi connectivity index (χ2v) is 5.54. The molecule has 0 unspecified atom stereocenters. The molecule has 1 aromatic rings. The Balaban J connectivity index is 2.35. The van der Waals surface area contributed by atoms with Gasteiger partial charge in [0.25, 0.3) is 0 Å². The molecule has 0 heterocycles. The summed E-state index contributed by atoms with van der Waals surface area (Å²) < 4.78 is 0. The van der Waals surface area contributed by atoms with Gasteiger partial charge in [0, 0.05) is 18.5 Å². The first kappa shape index (κ1) is 14.8. The molecule has 0 aliphatic rings. The van der Waals surface area contributed by atoms with Crippen molar-refractivity contribution in [1.29, 1.82) is 0 Å². The lowest BCUT2D eigenvalue weighted by Crippen LogP contribution is -2.29. The molecule has 0 bridgehead atoms. The van der Waals surface area contributed by atoms with Gasteiger partial charge in [-0.2, -0.15) is 0 Å². The zero-order valence-electron chi connectivity index (χ0n) is 11.9. The molecule has 98 valence electrons. The highest BCUT2D eigenvalue weighted by Crippen LogP contribution is 2.18. The van der Waals surface area contributed by atoms with Crippen LogP contribution in [0.4, 0.5) is 0 Å². The van der Waals surface area contributed by atoms with Gasteiger partial charge in [-0.05, 0) is 30.5 Å². The highest BCUT2D eigenvalue weighted by Gasteiger charge is 2.15. The molecule has 1 nitrogen and oxygen atoms in total. The minimum absolute atomic E-state index is 0.246. The molecule has 0 spiro atoms. The van der Waals surface area contributed by atoms with Crippen LogP contribution in [0.25, 0.3) is 0 Å². The van der Waals surface area contributed by atoms with Gasteiger partial charge in [0.1, 0.15) is 0 Å². The maximum Gasteiger partial charge on any atom is 0.0245 e. The van der Waals surface area contributed by atoms with Gasteiger partial charge in [-0.3, -0.25) is 0 Å². The smallest absolute Gasteiger partial charge is 0.0245 e. The van der Waals surface area contributed by atoms with Crippen LogP contribution < -0.4 is 5.32 Å². The highest BCUT2D eigenvalue weighted by molar-refractivity contribution is 5.33. The molecule has 0 saturated heterocycles. The fourth-order valence-corrected chi connectivity index (χ4v) is 1.70. The van der Waals surface area contributed by atoms with Gasteiger partial charge in [0.2, 0.25) is 0 Å². The highest BCUT2D eigenvalue weighted by atomic mass is 14.9. The van der Waals surface area contributed by atoms with Crippen molar-refractivity contribution >= 4 is 0 Å². The zero-order valence-corrected chi connectivity index (χ0v) is 11.9. The Labute approximate surface area is 112 Å². The molecular formula is C17H25N. The van der Waals surface area contributed by atoms with Crippen LogP contribution in [0.5, 0.6) is 0 Å². The largest absolute Gasteiger partial charge is 0.316 e. The Bertz CT molecular complexity index is 381. The Morgan fingerprint density at radius 1 is 1.17 bits per heavy atom. The summed E-state index contributed by atoms with van der Waals surface area (Å²) in [6.07, 6.45) is 3.44. The van der Waals surface area contributed by atoms with E-state index in [1.807, 2.05) is 18.2 Å².